The Labute approximate surface area is 177 Å². The van der Waals surface area contributed by atoms with E-state index in [4.69, 9.17) is 0 Å². The van der Waals surface area contributed by atoms with Crippen LogP contribution >= 0.6 is 35.2 Å². The smallest absolute Gasteiger partial charge is 0.0820 e. The van der Waals surface area contributed by atoms with E-state index in [0.29, 0.717) is 5.41 Å². The molecular formula is C21H31N3S3. The molecule has 1 fully saturated rings. The quantitative estimate of drug-likeness (QED) is 0.496. The largest absolute Gasteiger partial charge is 0.370 e. The fourth-order valence-corrected chi connectivity index (χ4v) is 6.53. The Morgan fingerprint density at radius 3 is 2.52 bits per heavy atom. The number of para-hydroxylation sites is 1. The van der Waals surface area contributed by atoms with Crippen molar-refractivity contribution in [2.24, 2.45) is 5.41 Å². The molecule has 0 unspecified atom stereocenters. The summed E-state index contributed by atoms with van der Waals surface area (Å²) < 4.78 is 8.38. The highest BCUT2D eigenvalue weighted by molar-refractivity contribution is 8.03. The lowest BCUT2D eigenvalue weighted by Gasteiger charge is -2.41. The number of hydrogen-bond donors (Lipinski definition) is 1. The van der Waals surface area contributed by atoms with E-state index in [-0.39, 0.29) is 0 Å². The molecule has 0 atom stereocenters. The van der Waals surface area contributed by atoms with Gasteiger partial charge in [0.05, 0.1) is 19.8 Å². The number of nitrogens with zero attached hydrogens (tertiary/aromatic N) is 2. The van der Waals surface area contributed by atoms with Gasteiger partial charge in [-0.15, -0.1) is 11.3 Å². The van der Waals surface area contributed by atoms with Gasteiger partial charge >= 0.3 is 0 Å². The zero-order valence-electron chi connectivity index (χ0n) is 17.0. The molecule has 3 nitrogen and oxygen atoms in total. The second kappa shape index (κ2) is 9.12. The Kier molecular flexibility index (Phi) is 7.06. The standard InChI is InChI=1S/C21H31N3S3/c1-6-21(3)12-14-24(15-13-21)20-16(2)8-7-9-17(20)22-26-18-10-11-19(25-18)27-23(4)5/h7-11,22H,6,12-15H2,1-5H3. The van der Waals surface area contributed by atoms with Gasteiger partial charge in [0.2, 0.25) is 0 Å². The highest BCUT2D eigenvalue weighted by atomic mass is 32.2. The minimum Gasteiger partial charge on any atom is -0.370 e. The topological polar surface area (TPSA) is 18.5 Å². The predicted molar refractivity (Wildman–Crippen MR) is 124 cm³/mol. The van der Waals surface area contributed by atoms with Crippen LogP contribution in [0, 0.1) is 12.3 Å². The molecule has 1 aliphatic rings. The van der Waals surface area contributed by atoms with Gasteiger partial charge in [0.15, 0.2) is 0 Å². The van der Waals surface area contributed by atoms with Crippen LogP contribution in [0.3, 0.4) is 0 Å². The lowest BCUT2D eigenvalue weighted by molar-refractivity contribution is 0.238. The number of thiophene rings is 1. The molecule has 6 heteroatoms. The summed E-state index contributed by atoms with van der Waals surface area (Å²) in [5, 5.41) is 0. The Balaban J connectivity index is 1.70. The van der Waals surface area contributed by atoms with Crippen LogP contribution in [-0.2, 0) is 0 Å². The molecule has 0 radical (unpaired) electrons. The van der Waals surface area contributed by atoms with E-state index < -0.39 is 0 Å². The molecule has 1 aliphatic heterocycles. The van der Waals surface area contributed by atoms with Crippen molar-refractivity contribution >= 4 is 46.6 Å². The molecule has 1 aromatic carbocycles. The van der Waals surface area contributed by atoms with Gasteiger partial charge < -0.3 is 9.62 Å². The van der Waals surface area contributed by atoms with E-state index in [2.05, 4.69) is 79.1 Å². The van der Waals surface area contributed by atoms with Crippen molar-refractivity contribution in [2.45, 2.75) is 48.5 Å². The summed E-state index contributed by atoms with van der Waals surface area (Å²) in [5.41, 5.74) is 4.48. The number of piperidine rings is 1. The van der Waals surface area contributed by atoms with Gasteiger partial charge in [-0.05, 0) is 86.9 Å². The maximum absolute atomic E-state index is 3.63. The third-order valence-electron chi connectivity index (χ3n) is 5.47. The molecule has 0 bridgehead atoms. The second-order valence-electron chi connectivity index (χ2n) is 7.80. The van der Waals surface area contributed by atoms with Crippen LogP contribution in [0.25, 0.3) is 0 Å². The summed E-state index contributed by atoms with van der Waals surface area (Å²) in [7, 11) is 4.16. The van der Waals surface area contributed by atoms with Crippen molar-refractivity contribution in [3.8, 4) is 0 Å². The Morgan fingerprint density at radius 1 is 1.15 bits per heavy atom. The number of anilines is 2. The molecule has 2 aromatic rings. The molecule has 0 saturated carbocycles. The third kappa shape index (κ3) is 5.37. The number of nitrogens with one attached hydrogen (secondary N) is 1. The molecule has 3 rings (SSSR count). The number of rotatable bonds is 7. The minimum atomic E-state index is 0.513. The van der Waals surface area contributed by atoms with Crippen LogP contribution < -0.4 is 9.62 Å². The molecule has 1 saturated heterocycles. The van der Waals surface area contributed by atoms with Crippen molar-refractivity contribution < 1.29 is 0 Å². The van der Waals surface area contributed by atoms with Crippen molar-refractivity contribution in [1.82, 2.24) is 4.31 Å². The maximum atomic E-state index is 3.63. The van der Waals surface area contributed by atoms with Gasteiger partial charge in [0, 0.05) is 13.1 Å². The van der Waals surface area contributed by atoms with Crippen LogP contribution in [0.4, 0.5) is 11.4 Å². The molecule has 2 heterocycles. The average molecular weight is 422 g/mol. The lowest BCUT2D eigenvalue weighted by Crippen LogP contribution is -2.39. The van der Waals surface area contributed by atoms with Crippen molar-refractivity contribution in [3.05, 3.63) is 35.9 Å². The van der Waals surface area contributed by atoms with E-state index in [1.165, 1.54) is 44.6 Å². The van der Waals surface area contributed by atoms with E-state index in [9.17, 15) is 0 Å². The molecule has 0 amide bonds. The SMILES string of the molecule is CCC1(C)CCN(c2c(C)cccc2NSc2ccc(SN(C)C)s2)CC1. The summed E-state index contributed by atoms with van der Waals surface area (Å²) >= 11 is 5.33. The Morgan fingerprint density at radius 2 is 1.85 bits per heavy atom. The van der Waals surface area contributed by atoms with E-state index in [1.807, 2.05) is 11.3 Å². The van der Waals surface area contributed by atoms with Gasteiger partial charge in [-0.3, -0.25) is 4.31 Å². The first-order valence-electron chi connectivity index (χ1n) is 9.63. The third-order valence-corrected chi connectivity index (χ3v) is 8.46. The zero-order chi connectivity index (χ0) is 19.4. The van der Waals surface area contributed by atoms with Gasteiger partial charge in [0.1, 0.15) is 0 Å². The monoisotopic (exact) mass is 421 g/mol. The average Bonchev–Trinajstić information content (AvgIpc) is 3.08. The first-order valence-corrected chi connectivity index (χ1v) is 12.0. The molecule has 0 spiro atoms. The van der Waals surface area contributed by atoms with Gasteiger partial charge in [-0.25, -0.2) is 0 Å². The number of hydrogen-bond acceptors (Lipinski definition) is 6. The fourth-order valence-electron chi connectivity index (χ4n) is 3.48. The molecule has 148 valence electrons. The molecule has 1 N–H and O–H groups in total. The molecule has 0 aliphatic carbocycles. The van der Waals surface area contributed by atoms with Crippen LogP contribution in [0.2, 0.25) is 0 Å². The lowest BCUT2D eigenvalue weighted by atomic mass is 9.78. The van der Waals surface area contributed by atoms with E-state index in [1.54, 1.807) is 23.9 Å². The van der Waals surface area contributed by atoms with Crippen molar-refractivity contribution in [2.75, 3.05) is 36.8 Å². The summed E-state index contributed by atoms with van der Waals surface area (Å²) in [6, 6.07) is 11.0. The zero-order valence-corrected chi connectivity index (χ0v) is 19.5. The van der Waals surface area contributed by atoms with Crippen molar-refractivity contribution in [3.63, 3.8) is 0 Å². The first kappa shape index (κ1) is 20.9. The van der Waals surface area contributed by atoms with Gasteiger partial charge in [0.25, 0.3) is 0 Å². The molecule has 1 aromatic heterocycles. The molecular weight excluding hydrogens is 390 g/mol. The first-order chi connectivity index (χ1) is 12.9. The maximum Gasteiger partial charge on any atom is 0.0820 e. The fraction of sp³-hybridized carbons (Fsp3) is 0.524. The summed E-state index contributed by atoms with van der Waals surface area (Å²) in [6.45, 7) is 9.30. The number of benzene rings is 1. The van der Waals surface area contributed by atoms with Crippen LogP contribution in [0.5, 0.6) is 0 Å². The van der Waals surface area contributed by atoms with Crippen molar-refractivity contribution in [1.29, 1.82) is 0 Å². The van der Waals surface area contributed by atoms with Gasteiger partial charge in [-0.2, -0.15) is 0 Å². The van der Waals surface area contributed by atoms with Crippen LogP contribution in [0.15, 0.2) is 38.8 Å². The van der Waals surface area contributed by atoms with Crippen LogP contribution in [-0.4, -0.2) is 31.5 Å². The predicted octanol–water partition coefficient (Wildman–Crippen LogP) is 6.76. The summed E-state index contributed by atoms with van der Waals surface area (Å²) in [4.78, 5) is 2.58. The van der Waals surface area contributed by atoms with E-state index in [0.717, 1.165) is 13.1 Å². The van der Waals surface area contributed by atoms with Gasteiger partial charge in [-0.1, -0.05) is 32.4 Å². The Bertz CT molecular complexity index is 749. The molecule has 27 heavy (non-hydrogen) atoms. The minimum absolute atomic E-state index is 0.513. The highest BCUT2D eigenvalue weighted by Gasteiger charge is 2.29. The van der Waals surface area contributed by atoms with Crippen LogP contribution in [0.1, 0.15) is 38.7 Å². The second-order valence-corrected chi connectivity index (χ2v) is 11.6. The highest BCUT2D eigenvalue weighted by Crippen LogP contribution is 2.41. The summed E-state index contributed by atoms with van der Waals surface area (Å²) in [5.74, 6) is 0. The Hall–Kier alpha value is -0.820. The van der Waals surface area contributed by atoms with E-state index >= 15 is 0 Å². The normalized spacial score (nSPS) is 16.7. The number of aryl methyl sites for hydroxylation is 1. The summed E-state index contributed by atoms with van der Waals surface area (Å²) in [6.07, 6.45) is 3.84.